The third-order valence-corrected chi connectivity index (χ3v) is 4.14. The van der Waals surface area contributed by atoms with Crippen molar-refractivity contribution in [1.82, 2.24) is 10.2 Å². The fraction of sp³-hybridized carbons (Fsp3) is 0.444. The van der Waals surface area contributed by atoms with E-state index in [-0.39, 0.29) is 12.5 Å². The van der Waals surface area contributed by atoms with Crippen LogP contribution in [-0.2, 0) is 9.59 Å². The number of imide groups is 1. The minimum Gasteiger partial charge on any atom is -0.324 e. The standard InChI is InChI=1S/C18H22N4O3/c1-12(2)7-8-18(3)16(24)22(17(25)21-18)11-15(23)20-14-6-4-5-13(9-14)10-19/h4-6,9,12H,7-8,11H2,1-3H3,(H,20,23)(H,21,25). The number of nitrogens with zero attached hydrogens (tertiary/aromatic N) is 2. The predicted octanol–water partition coefficient (Wildman–Crippen LogP) is 2.24. The highest BCUT2D eigenvalue weighted by molar-refractivity contribution is 6.09. The van der Waals surface area contributed by atoms with Gasteiger partial charge in [0.25, 0.3) is 5.91 Å². The van der Waals surface area contributed by atoms with E-state index in [4.69, 9.17) is 5.26 Å². The van der Waals surface area contributed by atoms with Crippen LogP contribution in [0.1, 0.15) is 39.2 Å². The summed E-state index contributed by atoms with van der Waals surface area (Å²) >= 11 is 0. The summed E-state index contributed by atoms with van der Waals surface area (Å²) in [5.74, 6) is -0.475. The first-order chi connectivity index (χ1) is 11.7. The number of carbonyl (C=O) groups excluding carboxylic acids is 3. The van der Waals surface area contributed by atoms with E-state index in [0.717, 1.165) is 11.3 Å². The van der Waals surface area contributed by atoms with E-state index in [2.05, 4.69) is 10.6 Å². The molecule has 0 saturated carbocycles. The molecule has 7 heteroatoms. The molecule has 1 unspecified atom stereocenters. The van der Waals surface area contributed by atoms with Crippen molar-refractivity contribution in [2.75, 3.05) is 11.9 Å². The lowest BCUT2D eigenvalue weighted by atomic mass is 9.92. The van der Waals surface area contributed by atoms with Crippen LogP contribution >= 0.6 is 0 Å². The van der Waals surface area contributed by atoms with Gasteiger partial charge in [0.15, 0.2) is 0 Å². The molecule has 1 aromatic rings. The SMILES string of the molecule is CC(C)CCC1(C)NC(=O)N(CC(=O)Nc2cccc(C#N)c2)C1=O. The highest BCUT2D eigenvalue weighted by Gasteiger charge is 2.47. The normalized spacial score (nSPS) is 19.7. The van der Waals surface area contributed by atoms with Crippen LogP contribution in [0.2, 0.25) is 0 Å². The number of hydrogen-bond acceptors (Lipinski definition) is 4. The van der Waals surface area contributed by atoms with E-state index in [1.807, 2.05) is 19.9 Å². The average Bonchev–Trinajstić information content (AvgIpc) is 2.77. The minimum absolute atomic E-state index is 0.362. The molecular formula is C18H22N4O3. The summed E-state index contributed by atoms with van der Waals surface area (Å²) in [5.41, 5.74) is -0.116. The maximum absolute atomic E-state index is 12.6. The van der Waals surface area contributed by atoms with Gasteiger partial charge in [-0.1, -0.05) is 19.9 Å². The van der Waals surface area contributed by atoms with Gasteiger partial charge < -0.3 is 10.6 Å². The summed E-state index contributed by atoms with van der Waals surface area (Å²) in [6.07, 6.45) is 1.32. The van der Waals surface area contributed by atoms with Crippen molar-refractivity contribution in [2.24, 2.45) is 5.92 Å². The lowest BCUT2D eigenvalue weighted by molar-refractivity contribution is -0.133. The Bertz CT molecular complexity index is 738. The number of benzene rings is 1. The van der Waals surface area contributed by atoms with Crippen molar-refractivity contribution in [3.8, 4) is 6.07 Å². The predicted molar refractivity (Wildman–Crippen MR) is 92.5 cm³/mol. The number of amides is 4. The molecule has 0 bridgehead atoms. The van der Waals surface area contributed by atoms with E-state index in [1.165, 1.54) is 6.07 Å². The minimum atomic E-state index is -0.970. The third-order valence-electron chi connectivity index (χ3n) is 4.14. The van der Waals surface area contributed by atoms with Crippen molar-refractivity contribution in [3.63, 3.8) is 0 Å². The number of rotatable bonds is 6. The van der Waals surface area contributed by atoms with Gasteiger partial charge in [-0.2, -0.15) is 5.26 Å². The molecule has 1 aromatic carbocycles. The maximum Gasteiger partial charge on any atom is 0.325 e. The van der Waals surface area contributed by atoms with Gasteiger partial charge in [-0.05, 0) is 43.9 Å². The Labute approximate surface area is 147 Å². The molecule has 25 heavy (non-hydrogen) atoms. The van der Waals surface area contributed by atoms with Crippen molar-refractivity contribution >= 4 is 23.5 Å². The van der Waals surface area contributed by atoms with E-state index in [0.29, 0.717) is 23.6 Å². The Kier molecular flexibility index (Phi) is 5.42. The Morgan fingerprint density at radius 2 is 2.12 bits per heavy atom. The second-order valence-electron chi connectivity index (χ2n) is 6.83. The number of urea groups is 1. The lowest BCUT2D eigenvalue weighted by Gasteiger charge is -2.22. The van der Waals surface area contributed by atoms with Crippen LogP contribution in [-0.4, -0.2) is 34.8 Å². The van der Waals surface area contributed by atoms with Gasteiger partial charge in [0.05, 0.1) is 11.6 Å². The van der Waals surface area contributed by atoms with Crippen LogP contribution < -0.4 is 10.6 Å². The first kappa shape index (κ1) is 18.5. The second kappa shape index (κ2) is 7.34. The molecule has 4 amide bonds. The first-order valence-electron chi connectivity index (χ1n) is 8.19. The van der Waals surface area contributed by atoms with Crippen LogP contribution in [0.5, 0.6) is 0 Å². The first-order valence-corrected chi connectivity index (χ1v) is 8.19. The molecule has 132 valence electrons. The van der Waals surface area contributed by atoms with Crippen LogP contribution in [0.25, 0.3) is 0 Å². The molecule has 0 aliphatic carbocycles. The zero-order chi connectivity index (χ0) is 18.6. The van der Waals surface area contributed by atoms with Crippen molar-refractivity contribution in [3.05, 3.63) is 29.8 Å². The number of anilines is 1. The van der Waals surface area contributed by atoms with Crippen LogP contribution in [0, 0.1) is 17.2 Å². The number of nitriles is 1. The largest absolute Gasteiger partial charge is 0.325 e. The Morgan fingerprint density at radius 3 is 2.76 bits per heavy atom. The third kappa shape index (κ3) is 4.35. The zero-order valence-corrected chi connectivity index (χ0v) is 14.6. The highest BCUT2D eigenvalue weighted by Crippen LogP contribution is 2.24. The summed E-state index contributed by atoms with van der Waals surface area (Å²) in [4.78, 5) is 37.8. The number of nitrogens with one attached hydrogen (secondary N) is 2. The summed E-state index contributed by atoms with van der Waals surface area (Å²) in [5, 5.41) is 14.2. The molecule has 7 nitrogen and oxygen atoms in total. The molecule has 1 heterocycles. The summed E-state index contributed by atoms with van der Waals surface area (Å²) in [6.45, 7) is 5.42. The molecule has 1 atom stereocenters. The summed E-state index contributed by atoms with van der Waals surface area (Å²) in [7, 11) is 0. The highest BCUT2D eigenvalue weighted by atomic mass is 16.2. The Hall–Kier alpha value is -2.88. The molecule has 1 saturated heterocycles. The number of hydrogen-bond donors (Lipinski definition) is 2. The smallest absolute Gasteiger partial charge is 0.324 e. The van der Waals surface area contributed by atoms with Crippen LogP contribution in [0.15, 0.2) is 24.3 Å². The van der Waals surface area contributed by atoms with Crippen molar-refractivity contribution in [1.29, 1.82) is 5.26 Å². The maximum atomic E-state index is 12.6. The van der Waals surface area contributed by atoms with Gasteiger partial charge in [0.1, 0.15) is 12.1 Å². The zero-order valence-electron chi connectivity index (χ0n) is 14.6. The molecule has 1 aliphatic rings. The summed E-state index contributed by atoms with van der Waals surface area (Å²) < 4.78 is 0. The van der Waals surface area contributed by atoms with Crippen molar-refractivity contribution in [2.45, 2.75) is 39.2 Å². The van der Waals surface area contributed by atoms with Crippen molar-refractivity contribution < 1.29 is 14.4 Å². The van der Waals surface area contributed by atoms with E-state index in [9.17, 15) is 14.4 Å². The second-order valence-corrected chi connectivity index (χ2v) is 6.83. The monoisotopic (exact) mass is 342 g/mol. The Balaban J connectivity index is 2.01. The molecule has 1 fully saturated rings. The van der Waals surface area contributed by atoms with Gasteiger partial charge in [0.2, 0.25) is 5.91 Å². The quantitative estimate of drug-likeness (QED) is 0.774. The number of carbonyl (C=O) groups is 3. The van der Waals surface area contributed by atoms with Gasteiger partial charge >= 0.3 is 6.03 Å². The lowest BCUT2D eigenvalue weighted by Crippen LogP contribution is -2.44. The van der Waals surface area contributed by atoms with Gasteiger partial charge in [-0.15, -0.1) is 0 Å². The molecule has 2 N–H and O–H groups in total. The van der Waals surface area contributed by atoms with E-state index < -0.39 is 17.5 Å². The molecule has 1 aliphatic heterocycles. The van der Waals surface area contributed by atoms with E-state index in [1.54, 1.807) is 25.1 Å². The molecule has 0 aromatic heterocycles. The molecule has 2 rings (SSSR count). The topological polar surface area (TPSA) is 102 Å². The Morgan fingerprint density at radius 1 is 1.40 bits per heavy atom. The van der Waals surface area contributed by atoms with Crippen LogP contribution in [0.3, 0.4) is 0 Å². The summed E-state index contributed by atoms with van der Waals surface area (Å²) in [6, 6.07) is 7.85. The van der Waals surface area contributed by atoms with Gasteiger partial charge in [-0.25, -0.2) is 4.79 Å². The van der Waals surface area contributed by atoms with E-state index >= 15 is 0 Å². The molecule has 0 spiro atoms. The average molecular weight is 342 g/mol. The fourth-order valence-electron chi connectivity index (χ4n) is 2.65. The molecule has 0 radical (unpaired) electrons. The van der Waals surface area contributed by atoms with Gasteiger partial charge in [0, 0.05) is 5.69 Å². The fourth-order valence-corrected chi connectivity index (χ4v) is 2.65. The van der Waals surface area contributed by atoms with Crippen LogP contribution in [0.4, 0.5) is 10.5 Å². The van der Waals surface area contributed by atoms with Gasteiger partial charge in [-0.3, -0.25) is 14.5 Å². The molecular weight excluding hydrogens is 320 g/mol.